The van der Waals surface area contributed by atoms with Crippen LogP contribution in [0.25, 0.3) is 6.08 Å². The van der Waals surface area contributed by atoms with Crippen molar-refractivity contribution in [3.05, 3.63) is 34.6 Å². The van der Waals surface area contributed by atoms with Gasteiger partial charge in [0.05, 0.1) is 0 Å². The maximum absolute atomic E-state index is 10.4. The molecule has 1 aromatic rings. The fourth-order valence-electron chi connectivity index (χ4n) is 2.08. The van der Waals surface area contributed by atoms with Gasteiger partial charge < -0.3 is 14.9 Å². The molecule has 4 heteroatoms. The highest BCUT2D eigenvalue weighted by atomic mass is 16.5. The molecule has 4 nitrogen and oxygen atoms in total. The number of ether oxygens (including phenoxy) is 1. The second-order valence-electron chi connectivity index (χ2n) is 4.73. The SMILES string of the molecule is CC(C)c1cc2c(cc1O)C=C(OCC(=O)O)C2. The van der Waals surface area contributed by atoms with Crippen molar-refractivity contribution in [2.45, 2.75) is 26.2 Å². The molecule has 0 unspecified atom stereocenters. The van der Waals surface area contributed by atoms with Gasteiger partial charge in [-0.15, -0.1) is 0 Å². The minimum atomic E-state index is -0.988. The number of carboxylic acid groups (broad SMARTS) is 1. The van der Waals surface area contributed by atoms with Crippen LogP contribution in [0.3, 0.4) is 0 Å². The monoisotopic (exact) mass is 248 g/mol. The van der Waals surface area contributed by atoms with Crippen LogP contribution in [-0.2, 0) is 16.0 Å². The first kappa shape index (κ1) is 12.5. The van der Waals surface area contributed by atoms with E-state index < -0.39 is 5.97 Å². The molecule has 0 fully saturated rings. The molecule has 0 aliphatic heterocycles. The normalized spacial score (nSPS) is 13.4. The lowest BCUT2D eigenvalue weighted by atomic mass is 9.97. The summed E-state index contributed by atoms with van der Waals surface area (Å²) in [5.74, 6) is 0.170. The number of aromatic hydroxyl groups is 1. The van der Waals surface area contributed by atoms with E-state index in [-0.39, 0.29) is 18.3 Å². The molecule has 2 rings (SSSR count). The second-order valence-corrected chi connectivity index (χ2v) is 4.73. The molecule has 0 radical (unpaired) electrons. The van der Waals surface area contributed by atoms with Crippen molar-refractivity contribution in [2.24, 2.45) is 0 Å². The molecular weight excluding hydrogens is 232 g/mol. The molecule has 1 aromatic carbocycles. The zero-order valence-corrected chi connectivity index (χ0v) is 10.4. The van der Waals surface area contributed by atoms with Gasteiger partial charge in [-0.25, -0.2) is 4.79 Å². The maximum atomic E-state index is 10.4. The summed E-state index contributed by atoms with van der Waals surface area (Å²) in [6, 6.07) is 3.67. The number of aliphatic carboxylic acids is 1. The van der Waals surface area contributed by atoms with Crippen LogP contribution < -0.4 is 0 Å². The first-order valence-electron chi connectivity index (χ1n) is 5.88. The number of hydrogen-bond acceptors (Lipinski definition) is 3. The quantitative estimate of drug-likeness (QED) is 0.859. The summed E-state index contributed by atoms with van der Waals surface area (Å²) < 4.78 is 5.17. The molecule has 18 heavy (non-hydrogen) atoms. The number of hydrogen-bond donors (Lipinski definition) is 2. The van der Waals surface area contributed by atoms with Gasteiger partial charge in [0.25, 0.3) is 0 Å². The summed E-state index contributed by atoms with van der Waals surface area (Å²) in [4.78, 5) is 10.4. The van der Waals surface area contributed by atoms with E-state index in [2.05, 4.69) is 0 Å². The van der Waals surface area contributed by atoms with Crippen LogP contribution >= 0.6 is 0 Å². The Balaban J connectivity index is 2.19. The van der Waals surface area contributed by atoms with Crippen LogP contribution in [0.2, 0.25) is 0 Å². The summed E-state index contributed by atoms with van der Waals surface area (Å²) in [7, 11) is 0. The van der Waals surface area contributed by atoms with E-state index in [1.165, 1.54) is 0 Å². The third kappa shape index (κ3) is 2.47. The van der Waals surface area contributed by atoms with Crippen molar-refractivity contribution in [1.82, 2.24) is 0 Å². The van der Waals surface area contributed by atoms with Crippen molar-refractivity contribution >= 4 is 12.0 Å². The molecule has 0 saturated carbocycles. The molecule has 1 aliphatic carbocycles. The van der Waals surface area contributed by atoms with E-state index in [0.717, 1.165) is 16.7 Å². The number of phenolic OH excluding ortho intramolecular Hbond substituents is 1. The van der Waals surface area contributed by atoms with E-state index in [1.54, 1.807) is 12.1 Å². The topological polar surface area (TPSA) is 66.8 Å². The standard InChI is InChI=1S/C14H16O4/c1-8(2)12-5-9-3-11(18-7-14(16)17)4-10(9)6-13(12)15/h4-6,8,15H,3,7H2,1-2H3,(H,16,17). The van der Waals surface area contributed by atoms with Crippen molar-refractivity contribution < 1.29 is 19.7 Å². The van der Waals surface area contributed by atoms with Crippen LogP contribution in [-0.4, -0.2) is 22.8 Å². The minimum absolute atomic E-state index is 0.249. The Morgan fingerprint density at radius 1 is 1.44 bits per heavy atom. The molecule has 0 heterocycles. The van der Waals surface area contributed by atoms with Crippen molar-refractivity contribution in [3.8, 4) is 5.75 Å². The lowest BCUT2D eigenvalue weighted by molar-refractivity contribution is -0.140. The highest BCUT2D eigenvalue weighted by Crippen LogP contribution is 2.34. The van der Waals surface area contributed by atoms with Gasteiger partial charge in [-0.05, 0) is 34.8 Å². The fraction of sp³-hybridized carbons (Fsp3) is 0.357. The molecule has 0 spiro atoms. The maximum Gasteiger partial charge on any atom is 0.341 e. The highest BCUT2D eigenvalue weighted by molar-refractivity contribution is 5.69. The number of phenols is 1. The summed E-state index contributed by atoms with van der Waals surface area (Å²) in [5, 5.41) is 18.4. The molecule has 0 atom stereocenters. The summed E-state index contributed by atoms with van der Waals surface area (Å²) in [6.07, 6.45) is 2.37. The number of fused-ring (bicyclic) bond motifs is 1. The molecule has 0 bridgehead atoms. The predicted octanol–water partition coefficient (Wildman–Crippen LogP) is 2.51. The van der Waals surface area contributed by atoms with Crippen LogP contribution in [0.4, 0.5) is 0 Å². The zero-order chi connectivity index (χ0) is 13.3. The van der Waals surface area contributed by atoms with Gasteiger partial charge >= 0.3 is 5.97 Å². The Morgan fingerprint density at radius 3 is 2.78 bits per heavy atom. The lowest BCUT2D eigenvalue weighted by Gasteiger charge is -2.10. The molecule has 0 saturated heterocycles. The second kappa shape index (κ2) is 4.72. The molecular formula is C14H16O4. The number of carbonyl (C=O) groups is 1. The molecule has 2 N–H and O–H groups in total. The van der Waals surface area contributed by atoms with Gasteiger partial charge in [-0.1, -0.05) is 19.9 Å². The van der Waals surface area contributed by atoms with Gasteiger partial charge in [0.2, 0.25) is 0 Å². The average molecular weight is 248 g/mol. The number of allylic oxidation sites excluding steroid dienone is 1. The lowest BCUT2D eigenvalue weighted by Crippen LogP contribution is -2.06. The van der Waals surface area contributed by atoms with Crippen LogP contribution in [0, 0.1) is 0 Å². The number of carboxylic acids is 1. The van der Waals surface area contributed by atoms with Gasteiger partial charge in [-0.3, -0.25) is 0 Å². The van der Waals surface area contributed by atoms with Crippen LogP contribution in [0.15, 0.2) is 17.9 Å². The van der Waals surface area contributed by atoms with E-state index >= 15 is 0 Å². The van der Waals surface area contributed by atoms with E-state index in [4.69, 9.17) is 9.84 Å². The van der Waals surface area contributed by atoms with Crippen LogP contribution in [0.1, 0.15) is 36.5 Å². The molecule has 0 aromatic heterocycles. The minimum Gasteiger partial charge on any atom is -0.508 e. The number of benzene rings is 1. The molecule has 1 aliphatic rings. The Hall–Kier alpha value is -1.97. The van der Waals surface area contributed by atoms with Gasteiger partial charge in [-0.2, -0.15) is 0 Å². The third-order valence-electron chi connectivity index (χ3n) is 2.97. The first-order valence-corrected chi connectivity index (χ1v) is 5.88. The predicted molar refractivity (Wildman–Crippen MR) is 67.5 cm³/mol. The van der Waals surface area contributed by atoms with Crippen LogP contribution in [0.5, 0.6) is 5.75 Å². The largest absolute Gasteiger partial charge is 0.508 e. The Labute approximate surface area is 106 Å². The van der Waals surface area contributed by atoms with Crippen molar-refractivity contribution in [2.75, 3.05) is 6.61 Å². The van der Waals surface area contributed by atoms with Gasteiger partial charge in [0.1, 0.15) is 11.5 Å². The third-order valence-corrected chi connectivity index (χ3v) is 2.97. The van der Waals surface area contributed by atoms with Gasteiger partial charge in [0.15, 0.2) is 6.61 Å². The Morgan fingerprint density at radius 2 is 2.17 bits per heavy atom. The Bertz CT molecular complexity index is 515. The zero-order valence-electron chi connectivity index (χ0n) is 10.4. The fourth-order valence-corrected chi connectivity index (χ4v) is 2.08. The summed E-state index contributed by atoms with van der Waals surface area (Å²) >= 11 is 0. The number of rotatable bonds is 4. The molecule has 0 amide bonds. The first-order chi connectivity index (χ1) is 8.47. The van der Waals surface area contributed by atoms with E-state index in [9.17, 15) is 9.90 Å². The van der Waals surface area contributed by atoms with Crippen molar-refractivity contribution in [1.29, 1.82) is 0 Å². The van der Waals surface area contributed by atoms with E-state index in [1.807, 2.05) is 19.9 Å². The van der Waals surface area contributed by atoms with Crippen molar-refractivity contribution in [3.63, 3.8) is 0 Å². The Kier molecular flexibility index (Phi) is 3.28. The average Bonchev–Trinajstić information content (AvgIpc) is 2.66. The smallest absolute Gasteiger partial charge is 0.341 e. The molecule has 96 valence electrons. The van der Waals surface area contributed by atoms with E-state index in [0.29, 0.717) is 12.2 Å². The van der Waals surface area contributed by atoms with Gasteiger partial charge in [0, 0.05) is 6.42 Å². The summed E-state index contributed by atoms with van der Waals surface area (Å²) in [6.45, 7) is 3.71. The highest BCUT2D eigenvalue weighted by Gasteiger charge is 2.18. The summed E-state index contributed by atoms with van der Waals surface area (Å²) in [5.41, 5.74) is 2.87.